The van der Waals surface area contributed by atoms with E-state index in [1.165, 1.54) is 4.57 Å². The SMILES string of the molecule is Cc1ccc2c(=O)n([C@H](C)CO)ccc2c1NC(=O)CC1(O)CCCCCC1. The number of rotatable bonds is 5. The Hall–Kier alpha value is -2.18. The highest BCUT2D eigenvalue weighted by Crippen LogP contribution is 2.31. The third kappa shape index (κ3) is 4.28. The molecule has 0 radical (unpaired) electrons. The molecule has 3 rings (SSSR count). The molecule has 28 heavy (non-hydrogen) atoms. The smallest absolute Gasteiger partial charge is 0.258 e. The minimum atomic E-state index is -0.942. The first-order valence-electron chi connectivity index (χ1n) is 10.1. The largest absolute Gasteiger partial charge is 0.394 e. The van der Waals surface area contributed by atoms with E-state index in [0.29, 0.717) is 29.3 Å². The number of pyridine rings is 1. The van der Waals surface area contributed by atoms with E-state index in [0.717, 1.165) is 31.2 Å². The maximum Gasteiger partial charge on any atom is 0.258 e. The molecule has 1 amide bonds. The number of aliphatic hydroxyl groups is 2. The van der Waals surface area contributed by atoms with Crippen LogP contribution in [-0.4, -0.2) is 32.9 Å². The normalized spacial score (nSPS) is 17.9. The Morgan fingerprint density at radius 2 is 1.86 bits per heavy atom. The molecule has 1 atom stereocenters. The third-order valence-electron chi connectivity index (χ3n) is 5.85. The minimum Gasteiger partial charge on any atom is -0.394 e. The van der Waals surface area contributed by atoms with Crippen LogP contribution in [0.15, 0.2) is 29.2 Å². The summed E-state index contributed by atoms with van der Waals surface area (Å²) in [5.74, 6) is -0.229. The number of nitrogens with one attached hydrogen (secondary N) is 1. The molecule has 0 unspecified atom stereocenters. The van der Waals surface area contributed by atoms with Gasteiger partial charge in [-0.15, -0.1) is 0 Å². The van der Waals surface area contributed by atoms with Crippen LogP contribution in [0.3, 0.4) is 0 Å². The van der Waals surface area contributed by atoms with Gasteiger partial charge in [-0.3, -0.25) is 9.59 Å². The number of anilines is 1. The van der Waals surface area contributed by atoms with Gasteiger partial charge in [-0.25, -0.2) is 0 Å². The molecule has 1 heterocycles. The van der Waals surface area contributed by atoms with Crippen molar-refractivity contribution in [1.29, 1.82) is 0 Å². The van der Waals surface area contributed by atoms with Gasteiger partial charge < -0.3 is 20.1 Å². The monoisotopic (exact) mass is 386 g/mol. The van der Waals surface area contributed by atoms with Crippen LogP contribution in [0.5, 0.6) is 0 Å². The van der Waals surface area contributed by atoms with Crippen molar-refractivity contribution in [3.8, 4) is 0 Å². The van der Waals surface area contributed by atoms with E-state index >= 15 is 0 Å². The summed E-state index contributed by atoms with van der Waals surface area (Å²) in [7, 11) is 0. The lowest BCUT2D eigenvalue weighted by molar-refractivity contribution is -0.121. The minimum absolute atomic E-state index is 0.0709. The maximum absolute atomic E-state index is 12.8. The first-order chi connectivity index (χ1) is 13.3. The van der Waals surface area contributed by atoms with Gasteiger partial charge in [0.1, 0.15) is 0 Å². The van der Waals surface area contributed by atoms with Crippen molar-refractivity contribution in [3.05, 3.63) is 40.3 Å². The summed E-state index contributed by atoms with van der Waals surface area (Å²) in [6.45, 7) is 3.54. The van der Waals surface area contributed by atoms with Gasteiger partial charge in [-0.1, -0.05) is 31.7 Å². The number of nitrogens with zero attached hydrogens (tertiary/aromatic N) is 1. The van der Waals surface area contributed by atoms with Crippen LogP contribution in [0.4, 0.5) is 5.69 Å². The van der Waals surface area contributed by atoms with Gasteiger partial charge in [0.05, 0.1) is 30.4 Å². The van der Waals surface area contributed by atoms with Crippen LogP contribution in [0, 0.1) is 6.92 Å². The van der Waals surface area contributed by atoms with Crippen LogP contribution in [0.2, 0.25) is 0 Å². The molecule has 1 aliphatic carbocycles. The first-order valence-corrected chi connectivity index (χ1v) is 10.1. The summed E-state index contributed by atoms with van der Waals surface area (Å²) in [5.41, 5.74) is 0.334. The second kappa shape index (κ2) is 8.45. The van der Waals surface area contributed by atoms with Gasteiger partial charge in [0.2, 0.25) is 5.91 Å². The number of hydrogen-bond donors (Lipinski definition) is 3. The molecule has 3 N–H and O–H groups in total. The number of aryl methyl sites for hydroxylation is 1. The molecule has 1 fully saturated rings. The molecule has 0 bridgehead atoms. The Morgan fingerprint density at radius 3 is 2.50 bits per heavy atom. The summed E-state index contributed by atoms with van der Waals surface area (Å²) < 4.78 is 1.50. The number of amides is 1. The van der Waals surface area contributed by atoms with E-state index in [1.807, 2.05) is 13.0 Å². The summed E-state index contributed by atoms with van der Waals surface area (Å²) in [6, 6.07) is 5.04. The topological polar surface area (TPSA) is 91.6 Å². The fourth-order valence-corrected chi connectivity index (χ4v) is 4.10. The molecule has 6 nitrogen and oxygen atoms in total. The highest BCUT2D eigenvalue weighted by Gasteiger charge is 2.31. The zero-order chi connectivity index (χ0) is 20.3. The highest BCUT2D eigenvalue weighted by molar-refractivity contribution is 6.03. The molecular weight excluding hydrogens is 356 g/mol. The van der Waals surface area contributed by atoms with Gasteiger partial charge in [0, 0.05) is 17.0 Å². The van der Waals surface area contributed by atoms with E-state index < -0.39 is 5.60 Å². The Morgan fingerprint density at radius 1 is 1.18 bits per heavy atom. The van der Waals surface area contributed by atoms with Gasteiger partial charge >= 0.3 is 0 Å². The molecule has 152 valence electrons. The highest BCUT2D eigenvalue weighted by atomic mass is 16.3. The van der Waals surface area contributed by atoms with E-state index in [-0.39, 0.29) is 30.5 Å². The average Bonchev–Trinajstić information content (AvgIpc) is 2.88. The fourth-order valence-electron chi connectivity index (χ4n) is 4.10. The van der Waals surface area contributed by atoms with Crippen LogP contribution in [0.25, 0.3) is 10.8 Å². The number of hydrogen-bond acceptors (Lipinski definition) is 4. The molecule has 2 aromatic rings. The second-order valence-corrected chi connectivity index (χ2v) is 8.14. The number of fused-ring (bicyclic) bond motifs is 1. The van der Waals surface area contributed by atoms with E-state index in [9.17, 15) is 19.8 Å². The molecule has 0 saturated heterocycles. The molecule has 1 aliphatic rings. The van der Waals surface area contributed by atoms with E-state index in [2.05, 4.69) is 5.32 Å². The first kappa shape index (κ1) is 20.6. The Labute approximate surface area is 165 Å². The maximum atomic E-state index is 12.8. The molecule has 0 aliphatic heterocycles. The third-order valence-corrected chi connectivity index (χ3v) is 5.85. The lowest BCUT2D eigenvalue weighted by atomic mass is 9.90. The van der Waals surface area contributed by atoms with E-state index in [1.54, 1.807) is 25.3 Å². The van der Waals surface area contributed by atoms with Crippen LogP contribution in [-0.2, 0) is 4.79 Å². The number of benzene rings is 1. The van der Waals surface area contributed by atoms with Crippen molar-refractivity contribution in [3.63, 3.8) is 0 Å². The molecule has 0 spiro atoms. The predicted molar refractivity (Wildman–Crippen MR) is 111 cm³/mol. The standard InChI is InChI=1S/C22H30N2O4/c1-15-7-8-18-17(9-12-24(21(18)27)16(2)14-25)20(15)23-19(26)13-22(28)10-5-3-4-6-11-22/h7-9,12,16,25,28H,3-6,10-11,13-14H2,1-2H3,(H,23,26)/t16-/m1/s1. The lowest BCUT2D eigenvalue weighted by Crippen LogP contribution is -2.33. The molecular formula is C22H30N2O4. The molecule has 6 heteroatoms. The summed E-state index contributed by atoms with van der Waals surface area (Å²) in [6.07, 6.45) is 7.12. The van der Waals surface area contributed by atoms with Crippen molar-refractivity contribution in [2.45, 2.75) is 70.4 Å². The Balaban J connectivity index is 1.90. The van der Waals surface area contributed by atoms with Gasteiger partial charge in [-0.2, -0.15) is 0 Å². The number of carbonyl (C=O) groups excluding carboxylic acids is 1. The Kier molecular flexibility index (Phi) is 6.20. The quantitative estimate of drug-likeness (QED) is 0.688. The van der Waals surface area contributed by atoms with Crippen molar-refractivity contribution in [2.24, 2.45) is 0 Å². The van der Waals surface area contributed by atoms with Gasteiger partial charge in [0.15, 0.2) is 0 Å². The Bertz CT molecular complexity index is 911. The summed E-state index contributed by atoms with van der Waals surface area (Å²) in [4.78, 5) is 25.5. The predicted octanol–water partition coefficient (Wildman–Crippen LogP) is 3.28. The summed E-state index contributed by atoms with van der Waals surface area (Å²) in [5, 5.41) is 24.3. The number of carbonyl (C=O) groups is 1. The second-order valence-electron chi connectivity index (χ2n) is 8.14. The van der Waals surface area contributed by atoms with Gasteiger partial charge in [-0.05, 0) is 44.4 Å². The van der Waals surface area contributed by atoms with Gasteiger partial charge in [0.25, 0.3) is 5.56 Å². The van der Waals surface area contributed by atoms with Crippen molar-refractivity contribution >= 4 is 22.4 Å². The van der Waals surface area contributed by atoms with E-state index in [4.69, 9.17) is 0 Å². The molecule has 1 saturated carbocycles. The zero-order valence-corrected chi connectivity index (χ0v) is 16.7. The van der Waals surface area contributed by atoms with Crippen LogP contribution in [0.1, 0.15) is 63.5 Å². The summed E-state index contributed by atoms with van der Waals surface area (Å²) >= 11 is 0. The zero-order valence-electron chi connectivity index (χ0n) is 16.7. The number of aliphatic hydroxyl groups excluding tert-OH is 1. The van der Waals surface area contributed by atoms with Crippen LogP contribution >= 0.6 is 0 Å². The van der Waals surface area contributed by atoms with Crippen molar-refractivity contribution in [1.82, 2.24) is 4.57 Å². The number of aromatic nitrogens is 1. The average molecular weight is 386 g/mol. The molecule has 1 aromatic carbocycles. The van der Waals surface area contributed by atoms with Crippen molar-refractivity contribution in [2.75, 3.05) is 11.9 Å². The van der Waals surface area contributed by atoms with Crippen LogP contribution < -0.4 is 10.9 Å². The molecule has 1 aromatic heterocycles. The van der Waals surface area contributed by atoms with Crippen molar-refractivity contribution < 1.29 is 15.0 Å². The fraction of sp³-hybridized carbons (Fsp3) is 0.545. The lowest BCUT2D eigenvalue weighted by Gasteiger charge is -2.26.